The fraction of sp³-hybridized carbons (Fsp3) is 0.286. The largest absolute Gasteiger partial charge is 0.368 e. The summed E-state index contributed by atoms with van der Waals surface area (Å²) < 4.78 is 13.1. The van der Waals surface area contributed by atoms with E-state index in [4.69, 9.17) is 5.73 Å². The second-order valence-electron chi connectivity index (χ2n) is 7.16. The lowest BCUT2D eigenvalue weighted by Gasteiger charge is -2.36. The van der Waals surface area contributed by atoms with Crippen molar-refractivity contribution in [2.24, 2.45) is 5.73 Å². The molecule has 3 N–H and O–H groups in total. The number of aryl methyl sites for hydroxylation is 1. The summed E-state index contributed by atoms with van der Waals surface area (Å²) in [5, 5.41) is 7.40. The van der Waals surface area contributed by atoms with Gasteiger partial charge in [0.05, 0.1) is 5.52 Å². The summed E-state index contributed by atoms with van der Waals surface area (Å²) in [7, 11) is 0. The molecule has 0 spiro atoms. The zero-order valence-corrected chi connectivity index (χ0v) is 15.9. The minimum atomic E-state index is -0.580. The molecule has 29 heavy (non-hydrogen) atoms. The number of hydrogen-bond donors (Lipinski definition) is 2. The van der Waals surface area contributed by atoms with Crippen molar-refractivity contribution >= 4 is 28.4 Å². The highest BCUT2D eigenvalue weighted by Crippen LogP contribution is 2.20. The van der Waals surface area contributed by atoms with E-state index in [1.54, 1.807) is 12.1 Å². The first-order valence-electron chi connectivity index (χ1n) is 9.56. The molecule has 1 aliphatic rings. The Morgan fingerprint density at radius 1 is 1.07 bits per heavy atom. The van der Waals surface area contributed by atoms with Gasteiger partial charge in [-0.05, 0) is 48.4 Å². The van der Waals surface area contributed by atoms with Crippen LogP contribution in [0.1, 0.15) is 22.5 Å². The Morgan fingerprint density at radius 3 is 2.48 bits per heavy atom. The number of aromatic nitrogens is 2. The van der Waals surface area contributed by atoms with Gasteiger partial charge in [0.1, 0.15) is 5.82 Å². The van der Waals surface area contributed by atoms with Gasteiger partial charge in [0.2, 0.25) is 5.91 Å². The van der Waals surface area contributed by atoms with Gasteiger partial charge in [-0.2, -0.15) is 5.10 Å². The van der Waals surface area contributed by atoms with Gasteiger partial charge in [-0.1, -0.05) is 6.07 Å². The highest BCUT2D eigenvalue weighted by Gasteiger charge is 2.21. The number of rotatable bonds is 5. The summed E-state index contributed by atoms with van der Waals surface area (Å²) in [6.07, 6.45) is 0.974. The summed E-state index contributed by atoms with van der Waals surface area (Å²) in [5.74, 6) is -0.728. The Labute approximate surface area is 167 Å². The van der Waals surface area contributed by atoms with Crippen LogP contribution in [0.15, 0.2) is 42.5 Å². The second-order valence-corrected chi connectivity index (χ2v) is 7.16. The normalized spacial score (nSPS) is 14.4. The molecule has 0 aliphatic carbocycles. The summed E-state index contributed by atoms with van der Waals surface area (Å²) in [4.78, 5) is 28.1. The highest BCUT2D eigenvalue weighted by atomic mass is 19.1. The number of benzene rings is 2. The lowest BCUT2D eigenvalue weighted by atomic mass is 10.1. The number of H-pyrrole nitrogens is 1. The number of aromatic amines is 1. The first-order valence-corrected chi connectivity index (χ1v) is 9.56. The van der Waals surface area contributed by atoms with E-state index >= 15 is 0 Å². The molecule has 1 aromatic heterocycles. The highest BCUT2D eigenvalue weighted by molar-refractivity contribution is 6.04. The third-order valence-corrected chi connectivity index (χ3v) is 5.31. The summed E-state index contributed by atoms with van der Waals surface area (Å²) in [5.41, 5.74) is 8.23. The Kier molecular flexibility index (Phi) is 5.16. The summed E-state index contributed by atoms with van der Waals surface area (Å²) in [6.45, 7) is 2.73. The Morgan fingerprint density at radius 2 is 1.79 bits per heavy atom. The number of carbonyl (C=O) groups excluding carboxylic acids is 2. The van der Waals surface area contributed by atoms with E-state index in [-0.39, 0.29) is 17.4 Å². The number of piperazine rings is 1. The maximum atomic E-state index is 13.1. The lowest BCUT2D eigenvalue weighted by molar-refractivity contribution is -0.131. The molecular formula is C21H22FN5O2. The number of amides is 2. The van der Waals surface area contributed by atoms with E-state index in [2.05, 4.69) is 15.1 Å². The fourth-order valence-electron chi connectivity index (χ4n) is 3.68. The van der Waals surface area contributed by atoms with Gasteiger partial charge in [-0.3, -0.25) is 14.7 Å². The molecule has 7 nitrogen and oxygen atoms in total. The lowest BCUT2D eigenvalue weighted by Crippen LogP contribution is -2.48. The van der Waals surface area contributed by atoms with Gasteiger partial charge >= 0.3 is 0 Å². The standard InChI is InChI=1S/C21H22FN5O2/c22-15-3-5-16(6-4-15)26-9-11-27(12-10-26)19(28)8-2-14-1-7-18-17(13-14)20(21(23)29)25-24-18/h1,3-7,13H,2,8-12H2,(H2,23,29)(H,24,25). The Hall–Kier alpha value is -3.42. The predicted octanol–water partition coefficient (Wildman–Crippen LogP) is 2.08. The molecule has 1 saturated heterocycles. The average Bonchev–Trinajstić information content (AvgIpc) is 3.16. The summed E-state index contributed by atoms with van der Waals surface area (Å²) >= 11 is 0. The van der Waals surface area contributed by atoms with Crippen molar-refractivity contribution in [1.29, 1.82) is 0 Å². The van der Waals surface area contributed by atoms with Crippen molar-refractivity contribution < 1.29 is 14.0 Å². The first-order chi connectivity index (χ1) is 14.0. The maximum Gasteiger partial charge on any atom is 0.269 e. The van der Waals surface area contributed by atoms with Crippen LogP contribution in [0.2, 0.25) is 0 Å². The Bertz CT molecular complexity index is 1040. The topological polar surface area (TPSA) is 95.3 Å². The minimum Gasteiger partial charge on any atom is -0.368 e. The van der Waals surface area contributed by atoms with Crippen LogP contribution in [0.4, 0.5) is 10.1 Å². The molecule has 1 fully saturated rings. The molecule has 0 radical (unpaired) electrons. The molecule has 0 unspecified atom stereocenters. The number of carbonyl (C=O) groups is 2. The van der Waals surface area contributed by atoms with Gasteiger partial charge < -0.3 is 15.5 Å². The van der Waals surface area contributed by atoms with E-state index in [0.29, 0.717) is 31.3 Å². The van der Waals surface area contributed by atoms with Gasteiger partial charge in [-0.25, -0.2) is 4.39 Å². The molecule has 2 heterocycles. The van der Waals surface area contributed by atoms with Gasteiger partial charge in [0, 0.05) is 43.7 Å². The molecule has 150 valence electrons. The molecule has 0 atom stereocenters. The molecule has 3 aromatic rings. The van der Waals surface area contributed by atoms with E-state index in [1.807, 2.05) is 23.1 Å². The number of nitrogens with two attached hydrogens (primary N) is 1. The second kappa shape index (κ2) is 7.90. The smallest absolute Gasteiger partial charge is 0.269 e. The van der Waals surface area contributed by atoms with Crippen LogP contribution in [0.3, 0.4) is 0 Å². The van der Waals surface area contributed by atoms with Crippen LogP contribution in [0.25, 0.3) is 10.9 Å². The van der Waals surface area contributed by atoms with Crippen molar-refractivity contribution in [2.45, 2.75) is 12.8 Å². The zero-order valence-electron chi connectivity index (χ0n) is 15.9. The van der Waals surface area contributed by atoms with Crippen LogP contribution in [-0.2, 0) is 11.2 Å². The van der Waals surface area contributed by atoms with Crippen molar-refractivity contribution in [2.75, 3.05) is 31.1 Å². The number of halogens is 1. The molecule has 4 rings (SSSR count). The number of anilines is 1. The van der Waals surface area contributed by atoms with Crippen LogP contribution in [-0.4, -0.2) is 53.1 Å². The molecular weight excluding hydrogens is 373 g/mol. The van der Waals surface area contributed by atoms with Crippen LogP contribution >= 0.6 is 0 Å². The van der Waals surface area contributed by atoms with Crippen LogP contribution < -0.4 is 10.6 Å². The predicted molar refractivity (Wildman–Crippen MR) is 108 cm³/mol. The van der Waals surface area contributed by atoms with Crippen LogP contribution in [0.5, 0.6) is 0 Å². The Balaban J connectivity index is 1.33. The fourth-order valence-corrected chi connectivity index (χ4v) is 3.68. The van der Waals surface area contributed by atoms with Crippen molar-refractivity contribution in [3.63, 3.8) is 0 Å². The molecule has 1 aliphatic heterocycles. The monoisotopic (exact) mass is 395 g/mol. The minimum absolute atomic E-state index is 0.103. The van der Waals surface area contributed by atoms with E-state index in [1.165, 1.54) is 12.1 Å². The number of fused-ring (bicyclic) bond motifs is 1. The first kappa shape index (κ1) is 18.9. The van der Waals surface area contributed by atoms with Crippen LogP contribution in [0, 0.1) is 5.82 Å². The van der Waals surface area contributed by atoms with Crippen molar-refractivity contribution in [1.82, 2.24) is 15.1 Å². The third-order valence-electron chi connectivity index (χ3n) is 5.31. The van der Waals surface area contributed by atoms with Gasteiger partial charge in [-0.15, -0.1) is 0 Å². The molecule has 2 aromatic carbocycles. The number of hydrogen-bond acceptors (Lipinski definition) is 4. The van der Waals surface area contributed by atoms with Crippen molar-refractivity contribution in [3.8, 4) is 0 Å². The van der Waals surface area contributed by atoms with E-state index < -0.39 is 5.91 Å². The maximum absolute atomic E-state index is 13.1. The average molecular weight is 395 g/mol. The molecule has 0 bridgehead atoms. The molecule has 8 heteroatoms. The van der Waals surface area contributed by atoms with E-state index in [0.717, 1.165) is 29.9 Å². The quantitative estimate of drug-likeness (QED) is 0.691. The summed E-state index contributed by atoms with van der Waals surface area (Å²) in [6, 6.07) is 12.1. The zero-order chi connectivity index (χ0) is 20.4. The number of primary amides is 1. The van der Waals surface area contributed by atoms with Crippen molar-refractivity contribution in [3.05, 3.63) is 59.5 Å². The number of nitrogens with one attached hydrogen (secondary N) is 1. The van der Waals surface area contributed by atoms with Gasteiger partial charge in [0.15, 0.2) is 5.69 Å². The van der Waals surface area contributed by atoms with Gasteiger partial charge in [0.25, 0.3) is 5.91 Å². The van der Waals surface area contributed by atoms with E-state index in [9.17, 15) is 14.0 Å². The molecule has 0 saturated carbocycles. The third kappa shape index (κ3) is 4.06. The number of nitrogens with zero attached hydrogens (tertiary/aromatic N) is 3. The SMILES string of the molecule is NC(=O)c1n[nH]c2ccc(CCC(=O)N3CCN(c4ccc(F)cc4)CC3)cc12. The molecule has 2 amide bonds.